The standard InChI is InChI=1S/C16H20BrNO2S/c1-10-5-12(17)6-11(7-19)15(10)20-8-14-18-13(9-21-14)16(2,3)4/h5-6,9,19H,7-8H2,1-4H3. The number of benzene rings is 1. The van der Waals surface area contributed by atoms with Crippen LogP contribution in [0.3, 0.4) is 0 Å². The molecule has 0 aliphatic rings. The number of rotatable bonds is 4. The van der Waals surface area contributed by atoms with Crippen molar-refractivity contribution in [1.29, 1.82) is 0 Å². The van der Waals surface area contributed by atoms with Gasteiger partial charge in [0.25, 0.3) is 0 Å². The molecule has 1 aromatic heterocycles. The largest absolute Gasteiger partial charge is 0.486 e. The molecule has 0 aliphatic carbocycles. The van der Waals surface area contributed by atoms with Crippen molar-refractivity contribution in [2.75, 3.05) is 0 Å². The van der Waals surface area contributed by atoms with Gasteiger partial charge in [0.05, 0.1) is 12.3 Å². The van der Waals surface area contributed by atoms with E-state index in [0.717, 1.165) is 32.1 Å². The fourth-order valence-electron chi connectivity index (χ4n) is 1.98. The summed E-state index contributed by atoms with van der Waals surface area (Å²) in [7, 11) is 0. The monoisotopic (exact) mass is 369 g/mol. The normalized spacial score (nSPS) is 11.7. The van der Waals surface area contributed by atoms with E-state index in [4.69, 9.17) is 4.74 Å². The Morgan fingerprint density at radius 2 is 2.05 bits per heavy atom. The van der Waals surface area contributed by atoms with Crippen LogP contribution in [0.4, 0.5) is 0 Å². The van der Waals surface area contributed by atoms with Crippen molar-refractivity contribution in [1.82, 2.24) is 4.98 Å². The molecule has 114 valence electrons. The van der Waals surface area contributed by atoms with E-state index in [2.05, 4.69) is 47.1 Å². The topological polar surface area (TPSA) is 42.4 Å². The van der Waals surface area contributed by atoms with Gasteiger partial charge in [0.15, 0.2) is 0 Å². The summed E-state index contributed by atoms with van der Waals surface area (Å²) in [4.78, 5) is 4.62. The first-order valence-electron chi connectivity index (χ1n) is 6.79. The van der Waals surface area contributed by atoms with E-state index in [1.165, 1.54) is 0 Å². The van der Waals surface area contributed by atoms with Crippen LogP contribution in [0.2, 0.25) is 0 Å². The fourth-order valence-corrected chi connectivity index (χ4v) is 3.53. The van der Waals surface area contributed by atoms with E-state index in [-0.39, 0.29) is 12.0 Å². The van der Waals surface area contributed by atoms with Gasteiger partial charge in [0.1, 0.15) is 17.4 Å². The van der Waals surface area contributed by atoms with Crippen molar-refractivity contribution in [2.45, 2.75) is 46.3 Å². The van der Waals surface area contributed by atoms with Gasteiger partial charge in [-0.3, -0.25) is 0 Å². The van der Waals surface area contributed by atoms with Gasteiger partial charge in [0, 0.05) is 20.8 Å². The maximum atomic E-state index is 9.46. The first kappa shape index (κ1) is 16.5. The van der Waals surface area contributed by atoms with Crippen LogP contribution in [-0.4, -0.2) is 10.1 Å². The zero-order chi connectivity index (χ0) is 15.6. The summed E-state index contributed by atoms with van der Waals surface area (Å²) in [5.41, 5.74) is 2.93. The van der Waals surface area contributed by atoms with Gasteiger partial charge in [-0.15, -0.1) is 11.3 Å². The summed E-state index contributed by atoms with van der Waals surface area (Å²) in [6.07, 6.45) is 0. The molecule has 1 aromatic carbocycles. The predicted octanol–water partition coefficient (Wildman–Crippen LogP) is 4.58. The maximum absolute atomic E-state index is 9.46. The highest BCUT2D eigenvalue weighted by atomic mass is 79.9. The van der Waals surface area contributed by atoms with E-state index >= 15 is 0 Å². The molecule has 0 radical (unpaired) electrons. The first-order valence-corrected chi connectivity index (χ1v) is 8.46. The molecular weight excluding hydrogens is 350 g/mol. The van der Waals surface area contributed by atoms with Crippen LogP contribution in [0.15, 0.2) is 22.0 Å². The second kappa shape index (κ2) is 6.46. The lowest BCUT2D eigenvalue weighted by atomic mass is 9.93. The number of aliphatic hydroxyl groups is 1. The average Bonchev–Trinajstić information content (AvgIpc) is 2.85. The summed E-state index contributed by atoms with van der Waals surface area (Å²) in [5, 5.41) is 12.5. The lowest BCUT2D eigenvalue weighted by Gasteiger charge is -2.15. The van der Waals surface area contributed by atoms with Crippen LogP contribution in [0.25, 0.3) is 0 Å². The van der Waals surface area contributed by atoms with Gasteiger partial charge in [0.2, 0.25) is 0 Å². The number of aliphatic hydroxyl groups excluding tert-OH is 1. The summed E-state index contributed by atoms with van der Waals surface area (Å²) in [5.74, 6) is 0.744. The van der Waals surface area contributed by atoms with E-state index in [9.17, 15) is 5.11 Å². The van der Waals surface area contributed by atoms with Crippen LogP contribution in [0, 0.1) is 6.92 Å². The zero-order valence-electron chi connectivity index (χ0n) is 12.7. The van der Waals surface area contributed by atoms with Crippen molar-refractivity contribution in [3.8, 4) is 5.75 Å². The first-order chi connectivity index (χ1) is 9.81. The summed E-state index contributed by atoms with van der Waals surface area (Å²) in [6.45, 7) is 8.80. The van der Waals surface area contributed by atoms with Gasteiger partial charge in [-0.2, -0.15) is 0 Å². The molecule has 1 N–H and O–H groups in total. The molecule has 3 nitrogen and oxygen atoms in total. The zero-order valence-corrected chi connectivity index (χ0v) is 15.1. The lowest BCUT2D eigenvalue weighted by Crippen LogP contribution is -2.11. The number of aromatic nitrogens is 1. The lowest BCUT2D eigenvalue weighted by molar-refractivity contribution is 0.257. The number of nitrogens with zero attached hydrogens (tertiary/aromatic N) is 1. The molecule has 0 amide bonds. The Morgan fingerprint density at radius 1 is 1.33 bits per heavy atom. The molecule has 0 aliphatic heterocycles. The quantitative estimate of drug-likeness (QED) is 0.857. The molecule has 0 unspecified atom stereocenters. The Labute approximate surface area is 138 Å². The minimum absolute atomic E-state index is 0.0409. The summed E-state index contributed by atoms with van der Waals surface area (Å²) >= 11 is 5.04. The third kappa shape index (κ3) is 4.05. The molecule has 21 heavy (non-hydrogen) atoms. The summed E-state index contributed by atoms with van der Waals surface area (Å²) in [6, 6.07) is 3.86. The molecule has 0 saturated carbocycles. The van der Waals surface area contributed by atoms with E-state index in [1.54, 1.807) is 11.3 Å². The molecule has 0 spiro atoms. The van der Waals surface area contributed by atoms with Crippen molar-refractivity contribution in [2.24, 2.45) is 0 Å². The Morgan fingerprint density at radius 3 is 2.62 bits per heavy atom. The fraction of sp³-hybridized carbons (Fsp3) is 0.438. The van der Waals surface area contributed by atoms with Crippen molar-refractivity contribution >= 4 is 27.3 Å². The molecule has 0 saturated heterocycles. The van der Waals surface area contributed by atoms with Crippen molar-refractivity contribution < 1.29 is 9.84 Å². The molecule has 2 rings (SSSR count). The van der Waals surface area contributed by atoms with Crippen LogP contribution in [0.5, 0.6) is 5.75 Å². The highest BCUT2D eigenvalue weighted by molar-refractivity contribution is 9.10. The maximum Gasteiger partial charge on any atom is 0.140 e. The molecule has 0 atom stereocenters. The smallest absolute Gasteiger partial charge is 0.140 e. The third-order valence-electron chi connectivity index (χ3n) is 3.15. The number of halogens is 1. The minimum Gasteiger partial charge on any atom is -0.486 e. The van der Waals surface area contributed by atoms with Crippen LogP contribution < -0.4 is 4.74 Å². The molecule has 0 bridgehead atoms. The van der Waals surface area contributed by atoms with Crippen molar-refractivity contribution in [3.05, 3.63) is 43.8 Å². The number of hydrogen-bond acceptors (Lipinski definition) is 4. The molecule has 1 heterocycles. The average molecular weight is 370 g/mol. The van der Waals surface area contributed by atoms with Gasteiger partial charge in [-0.25, -0.2) is 4.98 Å². The molecule has 2 aromatic rings. The van der Waals surface area contributed by atoms with Crippen LogP contribution >= 0.6 is 27.3 Å². The number of aryl methyl sites for hydroxylation is 1. The second-order valence-corrected chi connectivity index (χ2v) is 7.89. The Bertz CT molecular complexity index is 632. The van der Waals surface area contributed by atoms with E-state index in [1.807, 2.05) is 19.1 Å². The van der Waals surface area contributed by atoms with E-state index < -0.39 is 0 Å². The van der Waals surface area contributed by atoms with Gasteiger partial charge < -0.3 is 9.84 Å². The van der Waals surface area contributed by atoms with Gasteiger partial charge in [-0.1, -0.05) is 36.7 Å². The Kier molecular flexibility index (Phi) is 5.07. The Balaban J connectivity index is 2.15. The number of thiazole rings is 1. The SMILES string of the molecule is Cc1cc(Br)cc(CO)c1OCc1nc(C(C)(C)C)cs1. The Hall–Kier alpha value is -0.910. The van der Waals surface area contributed by atoms with Crippen molar-refractivity contribution in [3.63, 3.8) is 0 Å². The molecular formula is C16H20BrNO2S. The second-order valence-electron chi connectivity index (χ2n) is 6.03. The van der Waals surface area contributed by atoms with Gasteiger partial charge in [-0.05, 0) is 24.6 Å². The van der Waals surface area contributed by atoms with Crippen LogP contribution in [-0.2, 0) is 18.6 Å². The predicted molar refractivity (Wildman–Crippen MR) is 89.9 cm³/mol. The van der Waals surface area contributed by atoms with E-state index in [0.29, 0.717) is 6.61 Å². The van der Waals surface area contributed by atoms with Gasteiger partial charge >= 0.3 is 0 Å². The number of hydrogen-bond donors (Lipinski definition) is 1. The molecule has 0 fully saturated rings. The summed E-state index contributed by atoms with van der Waals surface area (Å²) < 4.78 is 6.84. The number of ether oxygens (including phenoxy) is 1. The molecule has 5 heteroatoms. The highest BCUT2D eigenvalue weighted by Crippen LogP contribution is 2.30. The minimum atomic E-state index is -0.0409. The highest BCUT2D eigenvalue weighted by Gasteiger charge is 2.18. The van der Waals surface area contributed by atoms with Crippen LogP contribution in [0.1, 0.15) is 42.6 Å². The third-order valence-corrected chi connectivity index (χ3v) is 4.43.